The van der Waals surface area contributed by atoms with Crippen LogP contribution in [0.4, 0.5) is 0 Å². The number of hydrogen-bond acceptors (Lipinski definition) is 2. The summed E-state index contributed by atoms with van der Waals surface area (Å²) in [5.74, 6) is 0.753. The average molecular weight is 253 g/mol. The Labute approximate surface area is 111 Å². The molecule has 1 N–H and O–H groups in total. The van der Waals surface area contributed by atoms with Crippen molar-refractivity contribution in [2.24, 2.45) is 11.3 Å². The van der Waals surface area contributed by atoms with Crippen molar-refractivity contribution in [3.63, 3.8) is 0 Å². The second kappa shape index (κ2) is 6.55. The zero-order valence-electron chi connectivity index (χ0n) is 11.9. The van der Waals surface area contributed by atoms with Gasteiger partial charge in [0.2, 0.25) is 0 Å². The molecule has 1 nitrogen and oxygen atoms in total. The smallest absolute Gasteiger partial charge is 0.00702 e. The zero-order valence-corrected chi connectivity index (χ0v) is 12.7. The lowest BCUT2D eigenvalue weighted by atomic mass is 9.78. The number of rotatable bonds is 6. The van der Waals surface area contributed by atoms with Gasteiger partial charge in [-0.1, -0.05) is 33.8 Å². The predicted molar refractivity (Wildman–Crippen MR) is 78.7 cm³/mol. The Balaban J connectivity index is 2.38. The van der Waals surface area contributed by atoms with Crippen LogP contribution in [0.3, 0.4) is 0 Å². The fourth-order valence-electron chi connectivity index (χ4n) is 1.93. The predicted octanol–water partition coefficient (Wildman–Crippen LogP) is 4.34. The molecule has 0 spiro atoms. The minimum absolute atomic E-state index is 0.415. The molecule has 1 aromatic heterocycles. The van der Waals surface area contributed by atoms with Crippen molar-refractivity contribution in [1.82, 2.24) is 5.32 Å². The van der Waals surface area contributed by atoms with Gasteiger partial charge in [-0.3, -0.25) is 0 Å². The monoisotopic (exact) mass is 253 g/mol. The van der Waals surface area contributed by atoms with E-state index in [4.69, 9.17) is 0 Å². The molecular formula is C15H27NS. The highest BCUT2D eigenvalue weighted by atomic mass is 32.1. The first kappa shape index (κ1) is 14.7. The van der Waals surface area contributed by atoms with Gasteiger partial charge in [0.1, 0.15) is 0 Å². The molecule has 0 saturated carbocycles. The molecule has 1 heterocycles. The molecule has 0 amide bonds. The third-order valence-electron chi connectivity index (χ3n) is 3.84. The maximum atomic E-state index is 3.47. The number of nitrogens with one attached hydrogen (secondary N) is 1. The number of aryl methyl sites for hydroxylation is 1. The van der Waals surface area contributed by atoms with E-state index in [9.17, 15) is 0 Å². The minimum Gasteiger partial charge on any atom is -0.317 e. The van der Waals surface area contributed by atoms with Gasteiger partial charge in [0.25, 0.3) is 0 Å². The molecule has 98 valence electrons. The molecule has 0 aliphatic carbocycles. The first-order valence-electron chi connectivity index (χ1n) is 6.63. The summed E-state index contributed by atoms with van der Waals surface area (Å²) in [5, 5.41) is 5.64. The van der Waals surface area contributed by atoms with Crippen LogP contribution in [0.25, 0.3) is 0 Å². The van der Waals surface area contributed by atoms with Gasteiger partial charge in [-0.25, -0.2) is 0 Å². The molecular weight excluding hydrogens is 226 g/mol. The Hall–Kier alpha value is -0.340. The van der Waals surface area contributed by atoms with E-state index in [0.29, 0.717) is 11.5 Å². The first-order chi connectivity index (χ1) is 7.93. The quantitative estimate of drug-likeness (QED) is 0.795. The van der Waals surface area contributed by atoms with Crippen LogP contribution in [0.5, 0.6) is 0 Å². The van der Waals surface area contributed by atoms with E-state index in [2.05, 4.69) is 57.6 Å². The summed E-state index contributed by atoms with van der Waals surface area (Å²) < 4.78 is 0. The zero-order chi connectivity index (χ0) is 12.9. The van der Waals surface area contributed by atoms with Crippen molar-refractivity contribution in [3.8, 4) is 0 Å². The maximum absolute atomic E-state index is 3.47. The molecule has 1 rings (SSSR count). The summed E-state index contributed by atoms with van der Waals surface area (Å²) in [5.41, 5.74) is 0.415. The van der Waals surface area contributed by atoms with Gasteiger partial charge < -0.3 is 5.32 Å². The van der Waals surface area contributed by atoms with Gasteiger partial charge >= 0.3 is 0 Å². The summed E-state index contributed by atoms with van der Waals surface area (Å²) in [4.78, 5) is 1.51. The SMILES string of the molecule is CNC(CCc1cccs1)CC(C)C(C)(C)C. The maximum Gasteiger partial charge on any atom is 0.00702 e. The topological polar surface area (TPSA) is 12.0 Å². The Bertz CT molecular complexity index is 297. The minimum atomic E-state index is 0.415. The Morgan fingerprint density at radius 3 is 2.53 bits per heavy atom. The molecule has 2 heteroatoms. The largest absolute Gasteiger partial charge is 0.317 e. The fraction of sp³-hybridized carbons (Fsp3) is 0.733. The van der Waals surface area contributed by atoms with E-state index >= 15 is 0 Å². The lowest BCUT2D eigenvalue weighted by Gasteiger charge is -2.30. The summed E-state index contributed by atoms with van der Waals surface area (Å²) >= 11 is 1.87. The fourth-order valence-corrected chi connectivity index (χ4v) is 2.66. The normalized spacial score (nSPS) is 15.8. The molecule has 0 aromatic carbocycles. The third kappa shape index (κ3) is 5.22. The molecule has 2 unspecified atom stereocenters. The summed E-state index contributed by atoms with van der Waals surface area (Å²) in [6.45, 7) is 9.38. The van der Waals surface area contributed by atoms with E-state index in [1.165, 1.54) is 24.1 Å². The number of hydrogen-bond donors (Lipinski definition) is 1. The van der Waals surface area contributed by atoms with Crippen molar-refractivity contribution in [3.05, 3.63) is 22.4 Å². The lowest BCUT2D eigenvalue weighted by molar-refractivity contribution is 0.222. The van der Waals surface area contributed by atoms with Crippen molar-refractivity contribution in [1.29, 1.82) is 0 Å². The van der Waals surface area contributed by atoms with Crippen LogP contribution in [0.2, 0.25) is 0 Å². The highest BCUT2D eigenvalue weighted by Gasteiger charge is 2.22. The molecule has 0 aliphatic rings. The van der Waals surface area contributed by atoms with Gasteiger partial charge in [0.05, 0.1) is 0 Å². The standard InChI is InChI=1S/C15H27NS/c1-12(15(2,3)4)11-13(16-5)8-9-14-7-6-10-17-14/h6-7,10,12-13,16H,8-9,11H2,1-5H3. The highest BCUT2D eigenvalue weighted by Crippen LogP contribution is 2.29. The molecule has 0 bridgehead atoms. The van der Waals surface area contributed by atoms with Crippen LogP contribution in [0.1, 0.15) is 45.4 Å². The number of thiophene rings is 1. The highest BCUT2D eigenvalue weighted by molar-refractivity contribution is 7.09. The summed E-state index contributed by atoms with van der Waals surface area (Å²) in [7, 11) is 2.09. The molecule has 0 saturated heterocycles. The Morgan fingerprint density at radius 1 is 1.35 bits per heavy atom. The van der Waals surface area contributed by atoms with Crippen LogP contribution in [-0.4, -0.2) is 13.1 Å². The van der Waals surface area contributed by atoms with Gasteiger partial charge in [-0.15, -0.1) is 11.3 Å². The molecule has 1 aromatic rings. The second-order valence-electron chi connectivity index (χ2n) is 6.11. The van der Waals surface area contributed by atoms with Crippen LogP contribution in [0.15, 0.2) is 17.5 Å². The van der Waals surface area contributed by atoms with Crippen LogP contribution in [0, 0.1) is 11.3 Å². The average Bonchev–Trinajstić information content (AvgIpc) is 2.75. The van der Waals surface area contributed by atoms with Crippen LogP contribution >= 0.6 is 11.3 Å². The third-order valence-corrected chi connectivity index (χ3v) is 4.78. The second-order valence-corrected chi connectivity index (χ2v) is 7.14. The van der Waals surface area contributed by atoms with Gasteiger partial charge in [0, 0.05) is 10.9 Å². The van der Waals surface area contributed by atoms with Crippen molar-refractivity contribution in [2.45, 2.75) is 53.0 Å². The van der Waals surface area contributed by atoms with Gasteiger partial charge in [-0.2, -0.15) is 0 Å². The van der Waals surface area contributed by atoms with E-state index in [1.54, 1.807) is 0 Å². The van der Waals surface area contributed by atoms with Crippen molar-refractivity contribution < 1.29 is 0 Å². The van der Waals surface area contributed by atoms with E-state index in [1.807, 2.05) is 11.3 Å². The molecule has 0 aliphatic heterocycles. The molecule has 0 radical (unpaired) electrons. The van der Waals surface area contributed by atoms with E-state index in [-0.39, 0.29) is 0 Å². The summed E-state index contributed by atoms with van der Waals surface area (Å²) in [6, 6.07) is 5.03. The van der Waals surface area contributed by atoms with Crippen LogP contribution < -0.4 is 5.32 Å². The van der Waals surface area contributed by atoms with Gasteiger partial charge in [0.15, 0.2) is 0 Å². The summed E-state index contributed by atoms with van der Waals surface area (Å²) in [6.07, 6.45) is 3.73. The Morgan fingerprint density at radius 2 is 2.06 bits per heavy atom. The molecule has 2 atom stereocenters. The van der Waals surface area contributed by atoms with E-state index in [0.717, 1.165) is 5.92 Å². The Kier molecular flexibility index (Phi) is 5.68. The molecule has 0 fully saturated rings. The van der Waals surface area contributed by atoms with Crippen molar-refractivity contribution >= 4 is 11.3 Å². The lowest BCUT2D eigenvalue weighted by Crippen LogP contribution is -2.31. The van der Waals surface area contributed by atoms with Crippen molar-refractivity contribution in [2.75, 3.05) is 7.05 Å². The van der Waals surface area contributed by atoms with Crippen LogP contribution in [-0.2, 0) is 6.42 Å². The van der Waals surface area contributed by atoms with E-state index < -0.39 is 0 Å². The first-order valence-corrected chi connectivity index (χ1v) is 7.51. The molecule has 17 heavy (non-hydrogen) atoms. The van der Waals surface area contributed by atoms with Gasteiger partial charge in [-0.05, 0) is 49.1 Å².